The minimum atomic E-state index is -0.419. The summed E-state index contributed by atoms with van der Waals surface area (Å²) in [6.07, 6.45) is 1.51. The van der Waals surface area contributed by atoms with Gasteiger partial charge in [-0.2, -0.15) is 5.10 Å². The van der Waals surface area contributed by atoms with Crippen LogP contribution in [0.5, 0.6) is 0 Å². The number of hydrogen-bond acceptors (Lipinski definition) is 4. The predicted octanol–water partition coefficient (Wildman–Crippen LogP) is 3.87. The number of nitrogens with zero attached hydrogens (tertiary/aromatic N) is 3. The summed E-state index contributed by atoms with van der Waals surface area (Å²) in [6, 6.07) is 23.5. The monoisotopic (exact) mass is 416 g/mol. The van der Waals surface area contributed by atoms with Gasteiger partial charge in [-0.25, -0.2) is 10.4 Å². The lowest BCUT2D eigenvalue weighted by atomic mass is 10.1. The zero-order valence-corrected chi connectivity index (χ0v) is 16.6. The van der Waals surface area contributed by atoms with Gasteiger partial charge >= 0.3 is 0 Å². The maximum absolute atomic E-state index is 13.1. The van der Waals surface area contributed by atoms with Crippen molar-refractivity contribution < 1.29 is 4.79 Å². The van der Waals surface area contributed by atoms with Crippen LogP contribution in [0, 0.1) is 0 Å². The molecular weight excluding hydrogens is 400 g/mol. The van der Waals surface area contributed by atoms with Crippen molar-refractivity contribution in [1.82, 2.24) is 15.0 Å². The van der Waals surface area contributed by atoms with Crippen LogP contribution in [0.3, 0.4) is 0 Å². The Hall–Kier alpha value is -3.77. The first-order valence-corrected chi connectivity index (χ1v) is 9.62. The molecule has 4 rings (SSSR count). The van der Waals surface area contributed by atoms with Crippen molar-refractivity contribution in [2.24, 2.45) is 5.10 Å². The largest absolute Gasteiger partial charge is 0.295 e. The number of amides is 1. The van der Waals surface area contributed by atoms with Crippen LogP contribution in [0.25, 0.3) is 22.3 Å². The summed E-state index contributed by atoms with van der Waals surface area (Å²) >= 11 is 5.85. The van der Waals surface area contributed by atoms with Crippen LogP contribution in [-0.2, 0) is 11.3 Å². The van der Waals surface area contributed by atoms with E-state index < -0.39 is 5.91 Å². The molecule has 0 aliphatic rings. The highest BCUT2D eigenvalue weighted by molar-refractivity contribution is 6.30. The fourth-order valence-electron chi connectivity index (χ4n) is 3.04. The lowest BCUT2D eigenvalue weighted by molar-refractivity contribution is -0.121. The van der Waals surface area contributed by atoms with Gasteiger partial charge in [-0.1, -0.05) is 66.2 Å². The molecule has 0 unspecified atom stereocenters. The van der Waals surface area contributed by atoms with E-state index in [4.69, 9.17) is 11.6 Å². The number of halogens is 1. The lowest BCUT2D eigenvalue weighted by Crippen LogP contribution is -2.31. The van der Waals surface area contributed by atoms with Gasteiger partial charge in [0, 0.05) is 10.6 Å². The number of para-hydroxylation sites is 2. The molecule has 3 aromatic carbocycles. The van der Waals surface area contributed by atoms with Gasteiger partial charge in [-0.15, -0.1) is 0 Å². The van der Waals surface area contributed by atoms with Crippen molar-refractivity contribution >= 4 is 34.8 Å². The van der Waals surface area contributed by atoms with Crippen LogP contribution >= 0.6 is 11.6 Å². The van der Waals surface area contributed by atoms with E-state index in [0.717, 1.165) is 5.56 Å². The van der Waals surface area contributed by atoms with Crippen LogP contribution in [0.2, 0.25) is 5.02 Å². The second kappa shape index (κ2) is 8.71. The van der Waals surface area contributed by atoms with E-state index in [2.05, 4.69) is 15.5 Å². The summed E-state index contributed by atoms with van der Waals surface area (Å²) in [7, 11) is 0. The first-order valence-electron chi connectivity index (χ1n) is 9.24. The van der Waals surface area contributed by atoms with Crippen LogP contribution < -0.4 is 11.0 Å². The Morgan fingerprint density at radius 3 is 2.47 bits per heavy atom. The fraction of sp³-hybridized carbons (Fsp3) is 0.0435. The summed E-state index contributed by atoms with van der Waals surface area (Å²) in [5, 5.41) is 4.58. The normalized spacial score (nSPS) is 11.1. The molecule has 0 saturated heterocycles. The molecule has 0 atom stereocenters. The number of hydrogen-bond donors (Lipinski definition) is 1. The third kappa shape index (κ3) is 4.29. The molecule has 7 heteroatoms. The second-order valence-corrected chi connectivity index (χ2v) is 6.99. The molecule has 6 nitrogen and oxygen atoms in total. The van der Waals surface area contributed by atoms with E-state index in [0.29, 0.717) is 27.3 Å². The standard InChI is InChI=1S/C23H17ClN4O2/c24-18-12-10-16(11-13-18)14-25-27-21(29)15-28-20-9-5-4-8-19(20)26-22(23(28)30)17-6-2-1-3-7-17/h1-14H,15H2,(H,27,29)/b25-14+. The van der Waals surface area contributed by atoms with E-state index in [9.17, 15) is 9.59 Å². The highest BCUT2D eigenvalue weighted by Gasteiger charge is 2.14. The molecule has 1 aromatic heterocycles. The van der Waals surface area contributed by atoms with Crippen LogP contribution in [0.4, 0.5) is 0 Å². The molecule has 0 aliphatic carbocycles. The van der Waals surface area contributed by atoms with Gasteiger partial charge in [0.05, 0.1) is 17.2 Å². The molecule has 0 radical (unpaired) electrons. The average molecular weight is 417 g/mol. The molecule has 1 N–H and O–H groups in total. The highest BCUT2D eigenvalue weighted by atomic mass is 35.5. The number of rotatable bonds is 5. The second-order valence-electron chi connectivity index (χ2n) is 6.55. The number of carbonyl (C=O) groups excluding carboxylic acids is 1. The minimum absolute atomic E-state index is 0.181. The molecule has 0 bridgehead atoms. The summed E-state index contributed by atoms with van der Waals surface area (Å²) in [5.41, 5.74) is 5.13. The van der Waals surface area contributed by atoms with E-state index in [1.165, 1.54) is 10.8 Å². The molecule has 148 valence electrons. The van der Waals surface area contributed by atoms with Crippen molar-refractivity contribution in [1.29, 1.82) is 0 Å². The van der Waals surface area contributed by atoms with Crippen molar-refractivity contribution in [3.05, 3.63) is 99.8 Å². The quantitative estimate of drug-likeness (QED) is 0.396. The van der Waals surface area contributed by atoms with E-state index in [1.807, 2.05) is 42.5 Å². The smallest absolute Gasteiger partial charge is 0.278 e. The first-order chi connectivity index (χ1) is 14.6. The molecule has 0 spiro atoms. The summed E-state index contributed by atoms with van der Waals surface area (Å²) in [6.45, 7) is -0.181. The average Bonchev–Trinajstić information content (AvgIpc) is 2.77. The topological polar surface area (TPSA) is 76.3 Å². The van der Waals surface area contributed by atoms with E-state index in [1.54, 1.807) is 36.4 Å². The van der Waals surface area contributed by atoms with Crippen molar-refractivity contribution in [3.8, 4) is 11.3 Å². The number of nitrogens with one attached hydrogen (secondary N) is 1. The molecule has 4 aromatic rings. The Kier molecular flexibility index (Phi) is 5.68. The van der Waals surface area contributed by atoms with E-state index in [-0.39, 0.29) is 12.1 Å². The predicted molar refractivity (Wildman–Crippen MR) is 119 cm³/mol. The maximum Gasteiger partial charge on any atom is 0.278 e. The number of benzene rings is 3. The zero-order valence-electron chi connectivity index (χ0n) is 15.8. The molecule has 0 saturated carbocycles. The van der Waals surface area contributed by atoms with Gasteiger partial charge in [0.25, 0.3) is 11.5 Å². The first kappa shape index (κ1) is 19.5. The minimum Gasteiger partial charge on any atom is -0.295 e. The Balaban J connectivity index is 1.63. The highest BCUT2D eigenvalue weighted by Crippen LogP contribution is 2.17. The number of aromatic nitrogens is 2. The van der Waals surface area contributed by atoms with Gasteiger partial charge < -0.3 is 0 Å². The number of hydrazone groups is 1. The van der Waals surface area contributed by atoms with Crippen molar-refractivity contribution in [3.63, 3.8) is 0 Å². The third-order valence-corrected chi connectivity index (χ3v) is 4.73. The molecule has 0 fully saturated rings. The number of carbonyl (C=O) groups is 1. The van der Waals surface area contributed by atoms with Crippen LogP contribution in [-0.4, -0.2) is 21.7 Å². The molecular formula is C23H17ClN4O2. The Morgan fingerprint density at radius 2 is 1.70 bits per heavy atom. The van der Waals surface area contributed by atoms with Crippen molar-refractivity contribution in [2.75, 3.05) is 0 Å². The third-order valence-electron chi connectivity index (χ3n) is 4.47. The van der Waals surface area contributed by atoms with Gasteiger partial charge in [0.1, 0.15) is 12.2 Å². The van der Waals surface area contributed by atoms with Crippen molar-refractivity contribution in [2.45, 2.75) is 6.54 Å². The van der Waals surface area contributed by atoms with Gasteiger partial charge in [0.15, 0.2) is 0 Å². The van der Waals surface area contributed by atoms with Crippen LogP contribution in [0.15, 0.2) is 88.8 Å². The van der Waals surface area contributed by atoms with Gasteiger partial charge in [-0.05, 0) is 29.8 Å². The fourth-order valence-corrected chi connectivity index (χ4v) is 3.17. The van der Waals surface area contributed by atoms with Crippen LogP contribution in [0.1, 0.15) is 5.56 Å². The SMILES string of the molecule is O=C(Cn1c(=O)c(-c2ccccc2)nc2ccccc21)N/N=C/c1ccc(Cl)cc1. The molecule has 30 heavy (non-hydrogen) atoms. The summed E-state index contributed by atoms with van der Waals surface area (Å²) in [5.74, 6) is -0.419. The Bertz CT molecular complexity index is 1280. The van der Waals surface area contributed by atoms with Gasteiger partial charge in [0.2, 0.25) is 0 Å². The molecule has 1 amide bonds. The Morgan fingerprint density at radius 1 is 1.00 bits per heavy atom. The lowest BCUT2D eigenvalue weighted by Gasteiger charge is -2.11. The number of fused-ring (bicyclic) bond motifs is 1. The summed E-state index contributed by atoms with van der Waals surface area (Å²) in [4.78, 5) is 30.1. The molecule has 0 aliphatic heterocycles. The Labute approximate surface area is 177 Å². The van der Waals surface area contributed by atoms with Gasteiger partial charge in [-0.3, -0.25) is 14.2 Å². The zero-order chi connectivity index (χ0) is 20.9. The maximum atomic E-state index is 13.1. The van der Waals surface area contributed by atoms with E-state index >= 15 is 0 Å². The summed E-state index contributed by atoms with van der Waals surface area (Å²) < 4.78 is 1.41. The molecule has 1 heterocycles.